The van der Waals surface area contributed by atoms with Gasteiger partial charge in [-0.25, -0.2) is 9.97 Å². The summed E-state index contributed by atoms with van der Waals surface area (Å²) in [5.74, 6) is 1.99. The van der Waals surface area contributed by atoms with Gasteiger partial charge in [0, 0.05) is 62.4 Å². The van der Waals surface area contributed by atoms with Gasteiger partial charge in [-0.05, 0) is 38.6 Å². The number of rotatable bonds is 3. The van der Waals surface area contributed by atoms with E-state index in [1.807, 2.05) is 6.20 Å². The second-order valence-electron chi connectivity index (χ2n) is 7.84. The van der Waals surface area contributed by atoms with E-state index in [4.69, 9.17) is 4.98 Å². The molecule has 0 radical (unpaired) electrons. The lowest BCUT2D eigenvalue weighted by atomic mass is 9.95. The highest BCUT2D eigenvalue weighted by atomic mass is 16.2. The van der Waals surface area contributed by atoms with Crippen LogP contribution in [0.2, 0.25) is 0 Å². The average Bonchev–Trinajstić information content (AvgIpc) is 3.14. The van der Waals surface area contributed by atoms with Crippen LogP contribution in [-0.2, 0) is 17.8 Å². The molecule has 0 N–H and O–H groups in total. The van der Waals surface area contributed by atoms with Gasteiger partial charge in [-0.15, -0.1) is 0 Å². The summed E-state index contributed by atoms with van der Waals surface area (Å²) in [5.41, 5.74) is 2.47. The predicted molar refractivity (Wildman–Crippen MR) is 97.1 cm³/mol. The third-order valence-electron chi connectivity index (χ3n) is 5.83. The zero-order valence-corrected chi connectivity index (χ0v) is 15.2. The van der Waals surface area contributed by atoms with Gasteiger partial charge in [-0.3, -0.25) is 4.79 Å². The molecule has 4 rings (SSSR count). The molecular formula is C20H28N4O. The largest absolute Gasteiger partial charge is 0.342 e. The number of fused-ring (bicyclic) bond motifs is 1. The maximum absolute atomic E-state index is 12.6. The molecule has 1 saturated heterocycles. The normalized spacial score (nSPS) is 26.7. The molecule has 1 aromatic rings. The Morgan fingerprint density at radius 3 is 3.08 bits per heavy atom. The van der Waals surface area contributed by atoms with Crippen molar-refractivity contribution < 1.29 is 4.79 Å². The highest BCUT2D eigenvalue weighted by Crippen LogP contribution is 2.28. The fourth-order valence-electron chi connectivity index (χ4n) is 4.30. The number of likely N-dealkylation sites (tertiary alicyclic amines) is 1. The van der Waals surface area contributed by atoms with Crippen LogP contribution in [0, 0.1) is 5.92 Å². The monoisotopic (exact) mass is 340 g/mol. The van der Waals surface area contributed by atoms with E-state index >= 15 is 0 Å². The van der Waals surface area contributed by atoms with E-state index in [-0.39, 0.29) is 0 Å². The van der Waals surface area contributed by atoms with Crippen LogP contribution in [-0.4, -0.2) is 52.4 Å². The average molecular weight is 340 g/mol. The number of nitrogens with zero attached hydrogens (tertiary/aromatic N) is 4. The van der Waals surface area contributed by atoms with Crippen LogP contribution in [0.3, 0.4) is 0 Å². The summed E-state index contributed by atoms with van der Waals surface area (Å²) < 4.78 is 0. The van der Waals surface area contributed by atoms with Crippen molar-refractivity contribution in [3.8, 4) is 0 Å². The van der Waals surface area contributed by atoms with Crippen LogP contribution in [0.1, 0.15) is 55.1 Å². The molecule has 2 aliphatic heterocycles. The highest BCUT2D eigenvalue weighted by molar-refractivity contribution is 5.77. The van der Waals surface area contributed by atoms with Gasteiger partial charge >= 0.3 is 0 Å². The Labute approximate surface area is 150 Å². The second-order valence-corrected chi connectivity index (χ2v) is 7.84. The van der Waals surface area contributed by atoms with Gasteiger partial charge in [0.2, 0.25) is 5.91 Å². The number of hydrogen-bond donors (Lipinski definition) is 0. The van der Waals surface area contributed by atoms with Crippen molar-refractivity contribution in [2.24, 2.45) is 5.92 Å². The molecular weight excluding hydrogens is 312 g/mol. The quantitative estimate of drug-likeness (QED) is 0.794. The maximum atomic E-state index is 12.6. The smallest absolute Gasteiger partial charge is 0.223 e. The SMILES string of the molecule is CN1CCc2nc([C@@H]3CCCN(C(=O)C[C@H]4C=CCC4)C3)ncc2C1. The van der Waals surface area contributed by atoms with Crippen molar-refractivity contribution >= 4 is 5.91 Å². The topological polar surface area (TPSA) is 49.3 Å². The van der Waals surface area contributed by atoms with E-state index in [9.17, 15) is 4.79 Å². The summed E-state index contributed by atoms with van der Waals surface area (Å²) in [4.78, 5) is 26.5. The van der Waals surface area contributed by atoms with Crippen molar-refractivity contribution in [2.75, 3.05) is 26.7 Å². The molecule has 0 unspecified atom stereocenters. The number of carbonyl (C=O) groups is 1. The van der Waals surface area contributed by atoms with Crippen LogP contribution < -0.4 is 0 Å². The van der Waals surface area contributed by atoms with E-state index in [1.165, 1.54) is 11.3 Å². The first-order chi connectivity index (χ1) is 12.2. The first kappa shape index (κ1) is 16.7. The molecule has 0 aromatic carbocycles. The van der Waals surface area contributed by atoms with Crippen molar-refractivity contribution in [3.63, 3.8) is 0 Å². The summed E-state index contributed by atoms with van der Waals surface area (Å²) in [6.07, 6.45) is 12.5. The molecule has 1 amide bonds. The van der Waals surface area contributed by atoms with Crippen molar-refractivity contribution in [2.45, 2.75) is 51.0 Å². The third-order valence-corrected chi connectivity index (χ3v) is 5.83. The van der Waals surface area contributed by atoms with Crippen molar-refractivity contribution in [3.05, 3.63) is 35.4 Å². The van der Waals surface area contributed by atoms with E-state index < -0.39 is 0 Å². The van der Waals surface area contributed by atoms with Crippen molar-refractivity contribution in [1.82, 2.24) is 19.8 Å². The van der Waals surface area contributed by atoms with Gasteiger partial charge in [0.1, 0.15) is 5.82 Å². The van der Waals surface area contributed by atoms with Gasteiger partial charge in [0.25, 0.3) is 0 Å². The minimum Gasteiger partial charge on any atom is -0.342 e. The molecule has 0 bridgehead atoms. The molecule has 25 heavy (non-hydrogen) atoms. The molecule has 1 fully saturated rings. The Hall–Kier alpha value is -1.75. The standard InChI is InChI=1S/C20H28N4O/c1-23-10-8-18-17(13-23)12-21-20(22-18)16-7-4-9-24(14-16)19(25)11-15-5-2-3-6-15/h2,5,12,15-16H,3-4,6-11,13-14H2,1H3/t15-,16+/m0/s1. The van der Waals surface area contributed by atoms with Crippen LogP contribution >= 0.6 is 0 Å². The molecule has 5 nitrogen and oxygen atoms in total. The van der Waals surface area contributed by atoms with Crippen LogP contribution in [0.5, 0.6) is 0 Å². The minimum atomic E-state index is 0.293. The molecule has 5 heteroatoms. The Morgan fingerprint density at radius 1 is 1.32 bits per heavy atom. The van der Waals surface area contributed by atoms with E-state index in [0.717, 1.165) is 64.1 Å². The Morgan fingerprint density at radius 2 is 2.24 bits per heavy atom. The minimum absolute atomic E-state index is 0.293. The molecule has 3 heterocycles. The predicted octanol–water partition coefficient (Wildman–Crippen LogP) is 2.53. The van der Waals surface area contributed by atoms with E-state index in [0.29, 0.717) is 24.2 Å². The van der Waals surface area contributed by atoms with Crippen molar-refractivity contribution in [1.29, 1.82) is 0 Å². The molecule has 3 aliphatic rings. The van der Waals surface area contributed by atoms with Crippen LogP contribution in [0.25, 0.3) is 0 Å². The number of carbonyl (C=O) groups excluding carboxylic acids is 1. The van der Waals surface area contributed by atoms with Crippen LogP contribution in [0.4, 0.5) is 0 Å². The number of aromatic nitrogens is 2. The van der Waals surface area contributed by atoms with Gasteiger partial charge in [0.05, 0.1) is 0 Å². The molecule has 0 spiro atoms. The van der Waals surface area contributed by atoms with Gasteiger partial charge < -0.3 is 9.80 Å². The lowest BCUT2D eigenvalue weighted by Gasteiger charge is -2.33. The summed E-state index contributed by atoms with van der Waals surface area (Å²) >= 11 is 0. The maximum Gasteiger partial charge on any atom is 0.223 e. The van der Waals surface area contributed by atoms with Gasteiger partial charge in [-0.2, -0.15) is 0 Å². The molecule has 1 aliphatic carbocycles. The van der Waals surface area contributed by atoms with E-state index in [1.54, 1.807) is 0 Å². The number of amides is 1. The fourth-order valence-corrected chi connectivity index (χ4v) is 4.30. The lowest BCUT2D eigenvalue weighted by molar-refractivity contribution is -0.133. The zero-order chi connectivity index (χ0) is 17.2. The summed E-state index contributed by atoms with van der Waals surface area (Å²) in [6, 6.07) is 0. The second kappa shape index (κ2) is 7.24. The zero-order valence-electron chi connectivity index (χ0n) is 15.2. The lowest BCUT2D eigenvalue weighted by Crippen LogP contribution is -2.40. The van der Waals surface area contributed by atoms with Gasteiger partial charge in [-0.1, -0.05) is 12.2 Å². The highest BCUT2D eigenvalue weighted by Gasteiger charge is 2.28. The number of allylic oxidation sites excluding steroid dienone is 2. The number of likely N-dealkylation sites (N-methyl/N-ethyl adjacent to an activating group) is 1. The van der Waals surface area contributed by atoms with E-state index in [2.05, 4.69) is 34.0 Å². The number of hydrogen-bond acceptors (Lipinski definition) is 4. The Balaban J connectivity index is 1.42. The summed E-state index contributed by atoms with van der Waals surface area (Å²) in [6.45, 7) is 3.68. The summed E-state index contributed by atoms with van der Waals surface area (Å²) in [7, 11) is 2.14. The van der Waals surface area contributed by atoms with Crippen LogP contribution in [0.15, 0.2) is 18.3 Å². The molecule has 1 aromatic heterocycles. The first-order valence-corrected chi connectivity index (χ1v) is 9.66. The Kier molecular flexibility index (Phi) is 4.84. The van der Waals surface area contributed by atoms with Gasteiger partial charge in [0.15, 0.2) is 0 Å². The molecule has 2 atom stereocenters. The summed E-state index contributed by atoms with van der Waals surface area (Å²) in [5, 5.41) is 0. The third kappa shape index (κ3) is 3.76. The molecule has 0 saturated carbocycles. The number of piperidine rings is 1. The molecule has 134 valence electrons. The fraction of sp³-hybridized carbons (Fsp3) is 0.650. The Bertz CT molecular complexity index is 672. The first-order valence-electron chi connectivity index (χ1n) is 9.66.